The molecule has 0 spiro atoms. The third-order valence-electron chi connectivity index (χ3n) is 4.57. The number of amides is 2. The summed E-state index contributed by atoms with van der Waals surface area (Å²) >= 11 is 1.29. The van der Waals surface area contributed by atoms with Crippen LogP contribution in [-0.2, 0) is 0 Å². The highest BCUT2D eigenvalue weighted by molar-refractivity contribution is 7.16. The van der Waals surface area contributed by atoms with E-state index in [1.165, 1.54) is 15.9 Å². The van der Waals surface area contributed by atoms with Gasteiger partial charge < -0.3 is 11.1 Å². The van der Waals surface area contributed by atoms with E-state index in [1.54, 1.807) is 6.92 Å². The van der Waals surface area contributed by atoms with Gasteiger partial charge >= 0.3 is 0 Å². The fourth-order valence-electron chi connectivity index (χ4n) is 3.07. The molecule has 146 valence electrons. The molecule has 3 heterocycles. The van der Waals surface area contributed by atoms with Crippen LogP contribution in [0.4, 0.5) is 5.00 Å². The van der Waals surface area contributed by atoms with Crippen molar-refractivity contribution in [2.75, 3.05) is 5.32 Å². The lowest BCUT2D eigenvalue weighted by Gasteiger charge is -2.04. The second-order valence-electron chi connectivity index (χ2n) is 6.60. The summed E-state index contributed by atoms with van der Waals surface area (Å²) in [7, 11) is 0. The van der Waals surface area contributed by atoms with Crippen molar-refractivity contribution in [2.24, 2.45) is 5.73 Å². The van der Waals surface area contributed by atoms with Crippen molar-refractivity contribution < 1.29 is 9.59 Å². The Kier molecular flexibility index (Phi) is 4.59. The second-order valence-corrected chi connectivity index (χ2v) is 7.83. The number of fused-ring (bicyclic) bond motifs is 1. The average molecular weight is 406 g/mol. The molecule has 4 aromatic rings. The van der Waals surface area contributed by atoms with Crippen LogP contribution in [0.3, 0.4) is 0 Å². The molecule has 9 heteroatoms. The third kappa shape index (κ3) is 3.36. The average Bonchev–Trinajstić information content (AvgIpc) is 3.22. The number of nitrogens with one attached hydrogen (secondary N) is 1. The van der Waals surface area contributed by atoms with Crippen molar-refractivity contribution in [2.45, 2.75) is 20.8 Å². The fraction of sp³-hybridized carbons (Fsp3) is 0.150. The number of thiophene rings is 1. The summed E-state index contributed by atoms with van der Waals surface area (Å²) in [5, 5.41) is 7.46. The quantitative estimate of drug-likeness (QED) is 0.540. The van der Waals surface area contributed by atoms with Crippen molar-refractivity contribution >= 4 is 33.9 Å². The van der Waals surface area contributed by atoms with E-state index in [1.807, 2.05) is 50.2 Å². The number of anilines is 1. The molecule has 8 nitrogen and oxygen atoms in total. The van der Waals surface area contributed by atoms with Crippen LogP contribution >= 0.6 is 11.3 Å². The first-order valence-corrected chi connectivity index (χ1v) is 9.67. The van der Waals surface area contributed by atoms with Gasteiger partial charge in [-0.25, -0.2) is 4.98 Å². The van der Waals surface area contributed by atoms with E-state index >= 15 is 0 Å². The minimum atomic E-state index is -0.589. The number of carbonyl (C=O) groups is 2. The standard InChI is InChI=1S/C20H18N6O2S/c1-10-9-14(13-7-5-4-6-8-13)26-20(22-10)23-17(25-26)18(28)24-19-15(16(21)27)11(2)12(3)29-19/h4-9H,1-3H3,(H2,21,27)(H,24,28). The van der Waals surface area contributed by atoms with E-state index in [-0.39, 0.29) is 5.82 Å². The summed E-state index contributed by atoms with van der Waals surface area (Å²) in [6.07, 6.45) is 0. The van der Waals surface area contributed by atoms with Crippen LogP contribution in [-0.4, -0.2) is 31.4 Å². The second kappa shape index (κ2) is 7.10. The maximum Gasteiger partial charge on any atom is 0.296 e. The number of hydrogen-bond acceptors (Lipinski definition) is 6. The summed E-state index contributed by atoms with van der Waals surface area (Å²) in [6, 6.07) is 11.6. The molecule has 0 radical (unpaired) electrons. The Morgan fingerprint density at radius 2 is 1.83 bits per heavy atom. The Morgan fingerprint density at radius 3 is 2.52 bits per heavy atom. The topological polar surface area (TPSA) is 115 Å². The number of carbonyl (C=O) groups excluding carboxylic acids is 2. The molecule has 0 fully saturated rings. The predicted octanol–water partition coefficient (Wildman–Crippen LogP) is 3.13. The highest BCUT2D eigenvalue weighted by Gasteiger charge is 2.22. The van der Waals surface area contributed by atoms with Crippen LogP contribution in [0.15, 0.2) is 36.4 Å². The van der Waals surface area contributed by atoms with Gasteiger partial charge in [0.2, 0.25) is 5.82 Å². The first-order valence-electron chi connectivity index (χ1n) is 8.86. The number of hydrogen-bond donors (Lipinski definition) is 2. The predicted molar refractivity (Wildman–Crippen MR) is 111 cm³/mol. The van der Waals surface area contributed by atoms with Crippen molar-refractivity contribution in [3.63, 3.8) is 0 Å². The zero-order valence-corrected chi connectivity index (χ0v) is 16.9. The van der Waals surface area contributed by atoms with Gasteiger partial charge in [-0.3, -0.25) is 9.59 Å². The molecular formula is C20H18N6O2S. The van der Waals surface area contributed by atoms with Crippen molar-refractivity contribution in [1.29, 1.82) is 0 Å². The third-order valence-corrected chi connectivity index (χ3v) is 5.69. The van der Waals surface area contributed by atoms with Gasteiger partial charge in [0, 0.05) is 16.1 Å². The van der Waals surface area contributed by atoms with Gasteiger partial charge in [-0.2, -0.15) is 9.50 Å². The molecular weight excluding hydrogens is 388 g/mol. The van der Waals surface area contributed by atoms with Crippen LogP contribution in [0.5, 0.6) is 0 Å². The number of nitrogens with zero attached hydrogens (tertiary/aromatic N) is 4. The highest BCUT2D eigenvalue weighted by Crippen LogP contribution is 2.32. The summed E-state index contributed by atoms with van der Waals surface area (Å²) in [5.74, 6) is -0.841. The molecule has 0 saturated heterocycles. The van der Waals surface area contributed by atoms with Crippen LogP contribution in [0.2, 0.25) is 0 Å². The molecule has 0 atom stereocenters. The largest absolute Gasteiger partial charge is 0.365 e. The lowest BCUT2D eigenvalue weighted by molar-refractivity contribution is 0.100. The molecule has 0 aliphatic rings. The summed E-state index contributed by atoms with van der Waals surface area (Å²) in [6.45, 7) is 5.52. The van der Waals surface area contributed by atoms with Crippen LogP contribution in [0, 0.1) is 20.8 Å². The van der Waals surface area contributed by atoms with Gasteiger partial charge in [0.1, 0.15) is 5.00 Å². The maximum atomic E-state index is 12.8. The molecule has 1 aromatic carbocycles. The number of benzene rings is 1. The van der Waals surface area contributed by atoms with Crippen molar-refractivity contribution in [3.8, 4) is 11.3 Å². The Labute approximate surface area is 170 Å². The van der Waals surface area contributed by atoms with Crippen molar-refractivity contribution in [3.05, 3.63) is 63.9 Å². The molecule has 0 aliphatic heterocycles. The van der Waals surface area contributed by atoms with E-state index in [0.29, 0.717) is 16.3 Å². The van der Waals surface area contributed by atoms with Gasteiger partial charge in [0.15, 0.2) is 0 Å². The smallest absolute Gasteiger partial charge is 0.296 e. The van der Waals surface area contributed by atoms with Crippen LogP contribution < -0.4 is 11.1 Å². The molecule has 29 heavy (non-hydrogen) atoms. The Balaban J connectivity index is 1.75. The van der Waals surface area contributed by atoms with Crippen LogP contribution in [0.25, 0.3) is 17.0 Å². The lowest BCUT2D eigenvalue weighted by atomic mass is 10.1. The highest BCUT2D eigenvalue weighted by atomic mass is 32.1. The molecule has 0 saturated carbocycles. The molecule has 2 amide bonds. The normalized spacial score (nSPS) is 11.0. The van der Waals surface area contributed by atoms with E-state index in [0.717, 1.165) is 27.4 Å². The van der Waals surface area contributed by atoms with Gasteiger partial charge in [-0.1, -0.05) is 30.3 Å². The maximum absolute atomic E-state index is 12.8. The minimum absolute atomic E-state index is 0.0422. The molecule has 0 unspecified atom stereocenters. The van der Waals surface area contributed by atoms with Gasteiger partial charge in [0.05, 0.1) is 11.3 Å². The molecule has 3 N–H and O–H groups in total. The number of nitrogens with two attached hydrogens (primary N) is 1. The first kappa shape index (κ1) is 18.8. The fourth-order valence-corrected chi connectivity index (χ4v) is 4.13. The Hall–Kier alpha value is -3.59. The minimum Gasteiger partial charge on any atom is -0.365 e. The van der Waals surface area contributed by atoms with Crippen LogP contribution in [0.1, 0.15) is 37.1 Å². The van der Waals surface area contributed by atoms with E-state index in [4.69, 9.17) is 5.73 Å². The molecule has 4 rings (SSSR count). The summed E-state index contributed by atoms with van der Waals surface area (Å²) in [5.41, 5.74) is 9.01. The van der Waals surface area contributed by atoms with Crippen molar-refractivity contribution in [1.82, 2.24) is 19.6 Å². The van der Waals surface area contributed by atoms with E-state index in [2.05, 4.69) is 20.4 Å². The number of aryl methyl sites for hydroxylation is 2. The molecule has 0 aliphatic carbocycles. The van der Waals surface area contributed by atoms with E-state index in [9.17, 15) is 9.59 Å². The summed E-state index contributed by atoms with van der Waals surface area (Å²) < 4.78 is 1.54. The number of primary amides is 1. The lowest BCUT2D eigenvalue weighted by Crippen LogP contribution is -2.18. The zero-order valence-electron chi connectivity index (χ0n) is 16.1. The Bertz CT molecular complexity index is 1260. The van der Waals surface area contributed by atoms with E-state index < -0.39 is 11.8 Å². The Morgan fingerprint density at radius 1 is 1.10 bits per heavy atom. The van der Waals surface area contributed by atoms with Gasteiger partial charge in [0.25, 0.3) is 17.6 Å². The van der Waals surface area contributed by atoms with Gasteiger partial charge in [-0.05, 0) is 32.4 Å². The van der Waals surface area contributed by atoms with Gasteiger partial charge in [-0.15, -0.1) is 16.4 Å². The summed E-state index contributed by atoms with van der Waals surface area (Å²) in [4.78, 5) is 34.1. The monoisotopic (exact) mass is 406 g/mol. The molecule has 0 bridgehead atoms. The SMILES string of the molecule is Cc1cc(-c2ccccc2)n2nc(C(=O)Nc3sc(C)c(C)c3C(N)=O)nc2n1. The number of aromatic nitrogens is 4. The first-order chi connectivity index (χ1) is 13.8. The number of rotatable bonds is 4. The molecule has 3 aromatic heterocycles. The zero-order chi connectivity index (χ0) is 20.7.